The Morgan fingerprint density at radius 1 is 0.500 bits per heavy atom. The lowest BCUT2D eigenvalue weighted by Gasteiger charge is -2.34. The zero-order chi connectivity index (χ0) is 30.7. The number of nitrogens with zero attached hydrogens (tertiary/aromatic N) is 2. The average molecular weight is 643 g/mol. The molecular formula is C41H27ClN2SSi. The molecule has 2 nitrogen and oxygen atoms in total. The summed E-state index contributed by atoms with van der Waals surface area (Å²) < 4.78 is 4.84. The van der Waals surface area contributed by atoms with Crippen LogP contribution in [0.3, 0.4) is 0 Å². The monoisotopic (exact) mass is 642 g/mol. The largest absolute Gasteiger partial charge is 0.293 e. The number of aromatic nitrogens is 2. The van der Waals surface area contributed by atoms with Crippen molar-refractivity contribution >= 4 is 93.7 Å². The zero-order valence-corrected chi connectivity index (χ0v) is 27.3. The summed E-state index contributed by atoms with van der Waals surface area (Å²) in [4.78, 5) is 5.04. The Balaban J connectivity index is 1.39. The van der Waals surface area contributed by atoms with Gasteiger partial charge in [0.05, 0.1) is 15.7 Å². The first-order valence-electron chi connectivity index (χ1n) is 15.4. The minimum atomic E-state index is -2.78. The van der Waals surface area contributed by atoms with Gasteiger partial charge in [0, 0.05) is 37.5 Å². The van der Waals surface area contributed by atoms with Crippen molar-refractivity contribution in [2.45, 2.75) is 0 Å². The van der Waals surface area contributed by atoms with Gasteiger partial charge in [-0.3, -0.25) is 4.57 Å². The summed E-state index contributed by atoms with van der Waals surface area (Å²) in [7, 11) is -2.78. The van der Waals surface area contributed by atoms with Gasteiger partial charge in [0.1, 0.15) is 0 Å². The quantitative estimate of drug-likeness (QED) is 0.136. The Hall–Kier alpha value is -5.00. The van der Waals surface area contributed by atoms with Crippen LogP contribution in [0.1, 0.15) is 0 Å². The van der Waals surface area contributed by atoms with Gasteiger partial charge in [-0.1, -0.05) is 133 Å². The van der Waals surface area contributed by atoms with E-state index in [0.29, 0.717) is 0 Å². The molecule has 3 heterocycles. The minimum Gasteiger partial charge on any atom is -0.293 e. The summed E-state index contributed by atoms with van der Waals surface area (Å²) in [6.07, 6.45) is 1.95. The molecule has 0 fully saturated rings. The van der Waals surface area contributed by atoms with E-state index in [1.807, 2.05) is 23.6 Å². The van der Waals surface area contributed by atoms with Crippen LogP contribution >= 0.6 is 22.9 Å². The number of rotatable bonds is 5. The maximum atomic E-state index is 6.75. The van der Waals surface area contributed by atoms with E-state index < -0.39 is 8.07 Å². The van der Waals surface area contributed by atoms with Gasteiger partial charge in [-0.15, -0.1) is 11.3 Å². The smallest absolute Gasteiger partial charge is 0.179 e. The second kappa shape index (κ2) is 10.8. The second-order valence-corrected chi connectivity index (χ2v) is 17.0. The van der Waals surface area contributed by atoms with E-state index >= 15 is 0 Å². The maximum Gasteiger partial charge on any atom is 0.179 e. The summed E-state index contributed by atoms with van der Waals surface area (Å²) in [5, 5.41) is 10.9. The molecule has 0 aliphatic carbocycles. The van der Waals surface area contributed by atoms with Crippen molar-refractivity contribution in [3.8, 4) is 5.82 Å². The Morgan fingerprint density at radius 3 is 1.89 bits per heavy atom. The molecule has 5 heteroatoms. The molecule has 0 radical (unpaired) electrons. The molecule has 0 saturated carbocycles. The number of hydrogen-bond acceptors (Lipinski definition) is 2. The fourth-order valence-electron chi connectivity index (χ4n) is 7.33. The number of pyridine rings is 1. The molecule has 0 spiro atoms. The molecule has 0 atom stereocenters. The van der Waals surface area contributed by atoms with Gasteiger partial charge in [-0.2, -0.15) is 0 Å². The van der Waals surface area contributed by atoms with Gasteiger partial charge in [-0.25, -0.2) is 4.98 Å². The lowest BCUT2D eigenvalue weighted by Crippen LogP contribution is -2.74. The standard InChI is InChI=1S/C41H27ClN2SSi/c42-28-12-11-17-31(26-28)46(29-13-3-1-4-14-29,30-15-5-2-6-16-30)32-22-23-38-36(27-32)33-18-7-9-20-37(33)44(38)41-40-35(24-25-43-41)34-19-8-10-21-39(34)45-40/h1-27H. The summed E-state index contributed by atoms with van der Waals surface area (Å²) in [5.74, 6) is 0.974. The van der Waals surface area contributed by atoms with Gasteiger partial charge >= 0.3 is 0 Å². The Morgan fingerprint density at radius 2 is 1.13 bits per heavy atom. The number of halogens is 1. The lowest BCUT2D eigenvalue weighted by atomic mass is 10.1. The van der Waals surface area contributed by atoms with Gasteiger partial charge in [0.25, 0.3) is 0 Å². The molecule has 0 N–H and O–H groups in total. The molecule has 0 bridgehead atoms. The summed E-state index contributed by atoms with van der Waals surface area (Å²) in [5.41, 5.74) is 2.30. The van der Waals surface area contributed by atoms with Crippen LogP contribution in [-0.4, -0.2) is 17.6 Å². The molecule has 0 unspecified atom stereocenters. The molecule has 3 aromatic heterocycles. The minimum absolute atomic E-state index is 0.751. The Kier molecular flexibility index (Phi) is 6.42. The SMILES string of the molecule is Clc1cccc([Si](c2ccccc2)(c2ccccc2)c2ccc3c(c2)c2ccccc2n3-c2nccc3c2sc2ccccc23)c1. The predicted octanol–water partition coefficient (Wildman–Crippen LogP) is 8.58. The highest BCUT2D eigenvalue weighted by atomic mass is 35.5. The van der Waals surface area contributed by atoms with Crippen molar-refractivity contribution in [1.29, 1.82) is 0 Å². The summed E-state index contributed by atoms with van der Waals surface area (Å²) >= 11 is 8.56. The number of benzene rings is 6. The second-order valence-electron chi connectivity index (χ2n) is 11.7. The average Bonchev–Trinajstić information content (AvgIpc) is 3.66. The van der Waals surface area contributed by atoms with Crippen molar-refractivity contribution in [2.75, 3.05) is 0 Å². The molecule has 0 amide bonds. The van der Waals surface area contributed by atoms with Crippen molar-refractivity contribution in [3.05, 3.63) is 169 Å². The lowest BCUT2D eigenvalue weighted by molar-refractivity contribution is 1.11. The zero-order valence-electron chi connectivity index (χ0n) is 24.8. The number of para-hydroxylation sites is 1. The van der Waals surface area contributed by atoms with Crippen molar-refractivity contribution < 1.29 is 0 Å². The molecule has 9 rings (SSSR count). The highest BCUT2D eigenvalue weighted by Gasteiger charge is 2.41. The van der Waals surface area contributed by atoms with E-state index in [4.69, 9.17) is 16.6 Å². The van der Waals surface area contributed by atoms with Crippen molar-refractivity contribution in [2.24, 2.45) is 0 Å². The number of fused-ring (bicyclic) bond motifs is 6. The first-order chi connectivity index (χ1) is 22.7. The van der Waals surface area contributed by atoms with Crippen LogP contribution < -0.4 is 20.7 Å². The van der Waals surface area contributed by atoms with Crippen LogP contribution in [0.25, 0.3) is 47.8 Å². The van der Waals surface area contributed by atoms with Crippen molar-refractivity contribution in [1.82, 2.24) is 9.55 Å². The van der Waals surface area contributed by atoms with Gasteiger partial charge in [-0.05, 0) is 57.1 Å². The molecule has 9 aromatic rings. The highest BCUT2D eigenvalue weighted by molar-refractivity contribution is 7.26. The predicted molar refractivity (Wildman–Crippen MR) is 200 cm³/mol. The first-order valence-corrected chi connectivity index (χ1v) is 18.6. The van der Waals surface area contributed by atoms with Gasteiger partial charge < -0.3 is 0 Å². The summed E-state index contributed by atoms with van der Waals surface area (Å²) in [6.45, 7) is 0. The van der Waals surface area contributed by atoms with E-state index in [0.717, 1.165) is 21.9 Å². The summed E-state index contributed by atoms with van der Waals surface area (Å²) in [6, 6.07) is 57.2. The third kappa shape index (κ3) is 4.04. The van der Waals surface area contributed by atoms with E-state index in [1.165, 1.54) is 51.7 Å². The van der Waals surface area contributed by atoms with Crippen LogP contribution in [0.15, 0.2) is 164 Å². The Bertz CT molecular complexity index is 2510. The number of thiophene rings is 1. The third-order valence-corrected chi connectivity index (χ3v) is 15.4. The molecule has 218 valence electrons. The molecular weight excluding hydrogens is 616 g/mol. The topological polar surface area (TPSA) is 17.8 Å². The van der Waals surface area contributed by atoms with E-state index in [2.05, 4.69) is 156 Å². The van der Waals surface area contributed by atoms with Crippen LogP contribution in [0.2, 0.25) is 5.02 Å². The molecule has 0 aliphatic heterocycles. The first kappa shape index (κ1) is 27.3. The van der Waals surface area contributed by atoms with Crippen LogP contribution in [-0.2, 0) is 0 Å². The van der Waals surface area contributed by atoms with Crippen LogP contribution in [0.5, 0.6) is 0 Å². The van der Waals surface area contributed by atoms with Crippen LogP contribution in [0, 0.1) is 0 Å². The van der Waals surface area contributed by atoms with Gasteiger partial charge in [0.15, 0.2) is 13.9 Å². The number of hydrogen-bond donors (Lipinski definition) is 0. The molecule has 6 aromatic carbocycles. The maximum absolute atomic E-state index is 6.75. The van der Waals surface area contributed by atoms with Gasteiger partial charge in [0.2, 0.25) is 0 Å². The molecule has 46 heavy (non-hydrogen) atoms. The van der Waals surface area contributed by atoms with E-state index in [9.17, 15) is 0 Å². The molecule has 0 aliphatic rings. The Labute approximate surface area is 276 Å². The third-order valence-electron chi connectivity index (χ3n) is 9.26. The van der Waals surface area contributed by atoms with E-state index in [1.54, 1.807) is 0 Å². The fourth-order valence-corrected chi connectivity index (χ4v) is 13.6. The van der Waals surface area contributed by atoms with Crippen molar-refractivity contribution in [3.63, 3.8) is 0 Å². The molecule has 0 saturated heterocycles. The highest BCUT2D eigenvalue weighted by Crippen LogP contribution is 2.39. The normalized spacial score (nSPS) is 12.0. The van der Waals surface area contributed by atoms with E-state index in [-0.39, 0.29) is 0 Å². The van der Waals surface area contributed by atoms with Crippen LogP contribution in [0.4, 0.5) is 0 Å². The fraction of sp³-hybridized carbons (Fsp3) is 0.